The fourth-order valence-corrected chi connectivity index (χ4v) is 7.48. The van der Waals surface area contributed by atoms with Crippen molar-refractivity contribution in [3.05, 3.63) is 33.9 Å². The number of fused-ring (bicyclic) bond motifs is 8. The predicted octanol–water partition coefficient (Wildman–Crippen LogP) is 1.70. The number of carbonyl (C=O) groups excluding carboxylic acids is 1. The number of Topliss-reactive ketones (excluding diaryl/α,β-unsaturated/α-hetero) is 1. The highest BCUT2D eigenvalue weighted by molar-refractivity contribution is 6.11. The molecule has 2 aromatic rings. The number of aliphatic hydroxyl groups excluding tert-OH is 2. The molecule has 2 aromatic carbocycles. The van der Waals surface area contributed by atoms with Crippen LogP contribution in [0.15, 0.2) is 6.07 Å². The van der Waals surface area contributed by atoms with E-state index in [1.54, 1.807) is 0 Å². The standard InChI is InChI=1S/C27H30O10/c1-10-5-12(3)20(30)19-16(10)14(7-28)13-6-11(2)17-22(18(13)21(19)31)35-26(32)24-23(17)36-27(37-24,15(8-29)33-4)25(26)9-34-25/h6,10,12,15,23-24,28-29,31-32H,5,7-9H2,1-4H3/t10-,12+,15?,23?,24?,25?,26?,27?/m0/s1. The Morgan fingerprint density at radius 2 is 1.92 bits per heavy atom. The van der Waals surface area contributed by atoms with Crippen molar-refractivity contribution < 1.29 is 48.9 Å². The maximum Gasteiger partial charge on any atom is 0.274 e. The third kappa shape index (κ3) is 2.44. The van der Waals surface area contributed by atoms with Crippen LogP contribution in [0.2, 0.25) is 0 Å². The lowest BCUT2D eigenvalue weighted by Crippen LogP contribution is -2.69. The van der Waals surface area contributed by atoms with E-state index in [0.717, 1.165) is 5.56 Å². The molecule has 2 bridgehead atoms. The molecule has 7 rings (SSSR count). The molecule has 0 amide bonds. The third-order valence-electron chi connectivity index (χ3n) is 9.23. The molecule has 198 valence electrons. The number of methoxy groups -OCH3 is 1. The SMILES string of the molecule is COC(CO)C12OC3c4c(C)cc5c(CO)c6c(c(O)c5c4OC(O)(C3O1)C21CO1)C(=O)[C@H](C)C[C@@H]6C. The van der Waals surface area contributed by atoms with Crippen molar-refractivity contribution in [3.8, 4) is 11.5 Å². The van der Waals surface area contributed by atoms with Crippen LogP contribution in [0.4, 0.5) is 0 Å². The number of hydrogen-bond acceptors (Lipinski definition) is 10. The molecule has 4 aliphatic heterocycles. The molecular weight excluding hydrogens is 484 g/mol. The first-order valence-electron chi connectivity index (χ1n) is 12.6. The Morgan fingerprint density at radius 1 is 1.19 bits per heavy atom. The minimum absolute atomic E-state index is 0.0441. The molecule has 6 unspecified atom stereocenters. The van der Waals surface area contributed by atoms with E-state index in [1.807, 2.05) is 26.8 Å². The summed E-state index contributed by atoms with van der Waals surface area (Å²) in [7, 11) is 1.41. The zero-order chi connectivity index (χ0) is 26.2. The number of phenols is 1. The number of ether oxygens (including phenoxy) is 5. The van der Waals surface area contributed by atoms with Crippen molar-refractivity contribution in [1.82, 2.24) is 0 Å². The Kier molecular flexibility index (Phi) is 4.63. The first-order valence-corrected chi connectivity index (χ1v) is 12.6. The number of ketones is 1. The number of aliphatic hydroxyl groups is 3. The largest absolute Gasteiger partial charge is 0.506 e. The maximum atomic E-state index is 13.3. The Balaban J connectivity index is 1.53. The van der Waals surface area contributed by atoms with Crippen molar-refractivity contribution in [2.75, 3.05) is 20.3 Å². The number of epoxide rings is 1. The fourth-order valence-electron chi connectivity index (χ4n) is 7.48. The molecule has 4 heterocycles. The van der Waals surface area contributed by atoms with Crippen LogP contribution in [0.3, 0.4) is 0 Å². The highest BCUT2D eigenvalue weighted by atomic mass is 16.9. The number of phenolic OH excluding ortho intramolecular Hbond substituents is 1. The van der Waals surface area contributed by atoms with Gasteiger partial charge in [-0.15, -0.1) is 0 Å². The summed E-state index contributed by atoms with van der Waals surface area (Å²) in [6.07, 6.45) is -2.14. The van der Waals surface area contributed by atoms with Gasteiger partial charge in [0.1, 0.15) is 23.7 Å². The van der Waals surface area contributed by atoms with Gasteiger partial charge in [-0.05, 0) is 41.3 Å². The first kappa shape index (κ1) is 23.8. The van der Waals surface area contributed by atoms with Crippen molar-refractivity contribution in [2.45, 2.75) is 75.2 Å². The molecule has 5 aliphatic rings. The quantitative estimate of drug-likeness (QED) is 0.445. The van der Waals surface area contributed by atoms with Crippen molar-refractivity contribution in [2.24, 2.45) is 5.92 Å². The Labute approximate surface area is 212 Å². The molecule has 4 N–H and O–H groups in total. The zero-order valence-corrected chi connectivity index (χ0v) is 21.0. The predicted molar refractivity (Wildman–Crippen MR) is 126 cm³/mol. The van der Waals surface area contributed by atoms with Gasteiger partial charge >= 0.3 is 0 Å². The molecule has 3 fully saturated rings. The molecule has 0 saturated carbocycles. The first-order chi connectivity index (χ1) is 17.6. The van der Waals surface area contributed by atoms with E-state index in [2.05, 4.69) is 0 Å². The highest BCUT2D eigenvalue weighted by Crippen LogP contribution is 2.70. The number of hydrogen-bond donors (Lipinski definition) is 4. The van der Waals surface area contributed by atoms with Crippen LogP contribution in [0.25, 0.3) is 10.8 Å². The van der Waals surface area contributed by atoms with E-state index in [1.165, 1.54) is 7.11 Å². The minimum atomic E-state index is -2.01. The number of aromatic hydroxyl groups is 1. The molecule has 0 radical (unpaired) electrons. The maximum absolute atomic E-state index is 13.3. The molecule has 10 heteroatoms. The monoisotopic (exact) mass is 514 g/mol. The summed E-state index contributed by atoms with van der Waals surface area (Å²) < 4.78 is 30.3. The summed E-state index contributed by atoms with van der Waals surface area (Å²) in [5.41, 5.74) is 1.23. The second-order valence-electron chi connectivity index (χ2n) is 11.1. The van der Waals surface area contributed by atoms with Gasteiger partial charge in [-0.1, -0.05) is 19.9 Å². The molecular formula is C27H30O10. The second kappa shape index (κ2) is 7.20. The molecule has 10 nitrogen and oxygen atoms in total. The van der Waals surface area contributed by atoms with Crippen molar-refractivity contribution >= 4 is 16.6 Å². The molecule has 3 saturated heterocycles. The number of aryl methyl sites for hydroxylation is 1. The normalized spacial score (nSPS) is 39.6. The van der Waals surface area contributed by atoms with E-state index < -0.39 is 42.1 Å². The van der Waals surface area contributed by atoms with Gasteiger partial charge in [0.15, 0.2) is 11.9 Å². The van der Waals surface area contributed by atoms with Crippen LogP contribution in [-0.2, 0) is 25.6 Å². The lowest BCUT2D eigenvalue weighted by atomic mass is 9.72. The molecule has 37 heavy (non-hydrogen) atoms. The highest BCUT2D eigenvalue weighted by Gasteiger charge is 2.92. The van der Waals surface area contributed by atoms with Gasteiger partial charge in [-0.2, -0.15) is 0 Å². The average molecular weight is 515 g/mol. The van der Waals surface area contributed by atoms with Crippen LogP contribution in [0, 0.1) is 12.8 Å². The van der Waals surface area contributed by atoms with Gasteiger partial charge < -0.3 is 44.1 Å². The summed E-state index contributed by atoms with van der Waals surface area (Å²) >= 11 is 0. The second-order valence-corrected chi connectivity index (χ2v) is 11.1. The third-order valence-corrected chi connectivity index (χ3v) is 9.23. The van der Waals surface area contributed by atoms with E-state index in [4.69, 9.17) is 23.7 Å². The molecule has 1 spiro atoms. The van der Waals surface area contributed by atoms with Gasteiger partial charge in [-0.25, -0.2) is 0 Å². The Hall–Kier alpha value is -2.31. The van der Waals surface area contributed by atoms with E-state index in [-0.39, 0.29) is 53.3 Å². The van der Waals surface area contributed by atoms with Crippen LogP contribution < -0.4 is 4.74 Å². The molecule has 1 aliphatic carbocycles. The molecule has 8 atom stereocenters. The summed E-state index contributed by atoms with van der Waals surface area (Å²) in [5, 5.41) is 44.9. The lowest BCUT2D eigenvalue weighted by Gasteiger charge is -2.47. The van der Waals surface area contributed by atoms with Gasteiger partial charge in [0.2, 0.25) is 11.4 Å². The van der Waals surface area contributed by atoms with Crippen LogP contribution in [0.1, 0.15) is 64.9 Å². The van der Waals surface area contributed by atoms with Gasteiger partial charge in [0.05, 0.1) is 30.8 Å². The average Bonchev–Trinajstić information content (AvgIpc) is 3.54. The number of rotatable bonds is 4. The van der Waals surface area contributed by atoms with Gasteiger partial charge in [0, 0.05) is 18.6 Å². The lowest BCUT2D eigenvalue weighted by molar-refractivity contribution is -0.307. The summed E-state index contributed by atoms with van der Waals surface area (Å²) in [4.78, 5) is 13.3. The van der Waals surface area contributed by atoms with E-state index in [0.29, 0.717) is 28.5 Å². The van der Waals surface area contributed by atoms with Crippen molar-refractivity contribution in [3.63, 3.8) is 0 Å². The van der Waals surface area contributed by atoms with Crippen LogP contribution >= 0.6 is 0 Å². The number of benzene rings is 2. The van der Waals surface area contributed by atoms with E-state index in [9.17, 15) is 25.2 Å². The topological polar surface area (TPSA) is 147 Å². The van der Waals surface area contributed by atoms with Gasteiger partial charge in [-0.3, -0.25) is 4.79 Å². The smallest absolute Gasteiger partial charge is 0.274 e. The van der Waals surface area contributed by atoms with E-state index >= 15 is 0 Å². The Morgan fingerprint density at radius 3 is 2.54 bits per heavy atom. The zero-order valence-electron chi connectivity index (χ0n) is 21.0. The number of carbonyl (C=O) groups is 1. The van der Waals surface area contributed by atoms with Crippen molar-refractivity contribution in [1.29, 1.82) is 0 Å². The summed E-state index contributed by atoms with van der Waals surface area (Å²) in [6.45, 7) is 4.94. The van der Waals surface area contributed by atoms with Crippen LogP contribution in [0.5, 0.6) is 11.5 Å². The Bertz CT molecular complexity index is 1380. The molecule has 0 aromatic heterocycles. The van der Waals surface area contributed by atoms with Crippen LogP contribution in [-0.4, -0.2) is 75.9 Å². The fraction of sp³-hybridized carbons (Fsp3) is 0.593. The summed E-state index contributed by atoms with van der Waals surface area (Å²) in [5.74, 6) is -4.21. The minimum Gasteiger partial charge on any atom is -0.506 e. The summed E-state index contributed by atoms with van der Waals surface area (Å²) in [6, 6.07) is 1.84. The van der Waals surface area contributed by atoms with Gasteiger partial charge in [0.25, 0.3) is 5.79 Å².